The van der Waals surface area contributed by atoms with Crippen LogP contribution in [0.1, 0.15) is 13.3 Å². The number of nitrogens with zero attached hydrogens (tertiary/aromatic N) is 1. The van der Waals surface area contributed by atoms with E-state index in [0.717, 1.165) is 5.69 Å². The van der Waals surface area contributed by atoms with Gasteiger partial charge in [-0.25, -0.2) is 13.2 Å². The van der Waals surface area contributed by atoms with Crippen LogP contribution in [-0.4, -0.2) is 57.8 Å². The number of morpholine rings is 1. The fourth-order valence-corrected chi connectivity index (χ4v) is 5.65. The van der Waals surface area contributed by atoms with Crippen LogP contribution in [0.3, 0.4) is 0 Å². The lowest BCUT2D eigenvalue weighted by Crippen LogP contribution is -2.48. The molecule has 0 radical (unpaired) electrons. The van der Waals surface area contributed by atoms with Crippen LogP contribution in [0, 0.1) is 0 Å². The Bertz CT molecular complexity index is 765. The molecule has 0 aliphatic carbocycles. The Labute approximate surface area is 152 Å². The molecule has 2 heterocycles. The minimum atomic E-state index is -3.09. The maximum atomic E-state index is 12.4. The Morgan fingerprint density at radius 1 is 1.32 bits per heavy atom. The van der Waals surface area contributed by atoms with Crippen molar-refractivity contribution in [3.63, 3.8) is 0 Å². The van der Waals surface area contributed by atoms with Crippen LogP contribution in [0.5, 0.6) is 0 Å². The summed E-state index contributed by atoms with van der Waals surface area (Å²) in [6.07, 6.45) is 0.411. The zero-order valence-electron chi connectivity index (χ0n) is 14.0. The summed E-state index contributed by atoms with van der Waals surface area (Å²) in [5.41, 5.74) is 0.601. The van der Waals surface area contributed by atoms with Crippen LogP contribution in [0.2, 0.25) is 5.02 Å². The minimum absolute atomic E-state index is 0.0424. The number of anilines is 2. The topological polar surface area (TPSA) is 87.7 Å². The van der Waals surface area contributed by atoms with Gasteiger partial charge in [0, 0.05) is 13.1 Å². The number of urea groups is 1. The van der Waals surface area contributed by atoms with Crippen molar-refractivity contribution in [3.8, 4) is 0 Å². The number of para-hydroxylation sites is 1. The zero-order chi connectivity index (χ0) is 18.1. The van der Waals surface area contributed by atoms with Crippen LogP contribution >= 0.6 is 11.6 Å². The van der Waals surface area contributed by atoms with Crippen molar-refractivity contribution in [1.82, 2.24) is 5.32 Å². The number of halogens is 1. The SMILES string of the molecule is C[C@]1(NC(=O)Nc2cccc(Cl)c2N2CCOCC2)CCS(=O)(=O)C1. The second-order valence-electron chi connectivity index (χ2n) is 6.72. The zero-order valence-corrected chi connectivity index (χ0v) is 15.6. The Morgan fingerprint density at radius 3 is 2.68 bits per heavy atom. The molecule has 0 saturated carbocycles. The highest BCUT2D eigenvalue weighted by Crippen LogP contribution is 2.34. The van der Waals surface area contributed by atoms with Gasteiger partial charge in [0.15, 0.2) is 9.84 Å². The molecule has 0 spiro atoms. The van der Waals surface area contributed by atoms with E-state index in [1.165, 1.54) is 0 Å². The van der Waals surface area contributed by atoms with E-state index < -0.39 is 21.4 Å². The molecule has 3 rings (SSSR count). The number of ether oxygens (including phenoxy) is 1. The van der Waals surface area contributed by atoms with E-state index in [4.69, 9.17) is 16.3 Å². The van der Waals surface area contributed by atoms with E-state index in [-0.39, 0.29) is 11.5 Å². The molecule has 1 aromatic rings. The second-order valence-corrected chi connectivity index (χ2v) is 9.31. The average Bonchev–Trinajstić information content (AvgIpc) is 2.81. The number of carbonyl (C=O) groups excluding carboxylic acids is 1. The molecule has 1 aromatic carbocycles. The van der Waals surface area contributed by atoms with E-state index in [1.807, 2.05) is 0 Å². The lowest BCUT2D eigenvalue weighted by atomic mass is 10.0. The predicted molar refractivity (Wildman–Crippen MR) is 98.3 cm³/mol. The number of amides is 2. The van der Waals surface area contributed by atoms with Crippen molar-refractivity contribution >= 4 is 38.8 Å². The first-order chi connectivity index (χ1) is 11.8. The summed E-state index contributed by atoms with van der Waals surface area (Å²) in [7, 11) is -3.09. The third kappa shape index (κ3) is 4.37. The van der Waals surface area contributed by atoms with Gasteiger partial charge < -0.3 is 20.3 Å². The van der Waals surface area contributed by atoms with Crippen molar-refractivity contribution in [3.05, 3.63) is 23.2 Å². The number of nitrogens with one attached hydrogen (secondary N) is 2. The summed E-state index contributed by atoms with van der Waals surface area (Å²) in [6.45, 7) is 4.34. The predicted octanol–water partition coefficient (Wildman–Crippen LogP) is 1.88. The van der Waals surface area contributed by atoms with Crippen molar-refractivity contribution in [1.29, 1.82) is 0 Å². The molecule has 2 amide bonds. The van der Waals surface area contributed by atoms with Gasteiger partial charge in [-0.2, -0.15) is 0 Å². The summed E-state index contributed by atoms with van der Waals surface area (Å²) < 4.78 is 28.7. The molecule has 2 saturated heterocycles. The van der Waals surface area contributed by atoms with Crippen molar-refractivity contribution in [2.45, 2.75) is 18.9 Å². The van der Waals surface area contributed by atoms with Gasteiger partial charge in [-0.15, -0.1) is 0 Å². The monoisotopic (exact) mass is 387 g/mol. The molecule has 2 N–H and O–H groups in total. The molecule has 7 nitrogen and oxygen atoms in total. The Morgan fingerprint density at radius 2 is 2.04 bits per heavy atom. The molecule has 2 aliphatic heterocycles. The molecular weight excluding hydrogens is 366 g/mol. The van der Waals surface area contributed by atoms with Gasteiger partial charge in [-0.05, 0) is 25.5 Å². The van der Waals surface area contributed by atoms with E-state index in [1.54, 1.807) is 25.1 Å². The smallest absolute Gasteiger partial charge is 0.319 e. The van der Waals surface area contributed by atoms with Gasteiger partial charge in [-0.1, -0.05) is 17.7 Å². The minimum Gasteiger partial charge on any atom is -0.378 e. The summed E-state index contributed by atoms with van der Waals surface area (Å²) in [5, 5.41) is 6.16. The maximum Gasteiger partial charge on any atom is 0.319 e. The molecule has 2 fully saturated rings. The third-order valence-electron chi connectivity index (χ3n) is 4.48. The molecule has 1 atom stereocenters. The first-order valence-electron chi connectivity index (χ1n) is 8.19. The second kappa shape index (κ2) is 7.01. The van der Waals surface area contributed by atoms with Gasteiger partial charge in [0.1, 0.15) is 0 Å². The molecule has 9 heteroatoms. The van der Waals surface area contributed by atoms with Crippen LogP contribution in [-0.2, 0) is 14.6 Å². The van der Waals surface area contributed by atoms with E-state index in [0.29, 0.717) is 43.4 Å². The van der Waals surface area contributed by atoms with E-state index >= 15 is 0 Å². The fraction of sp³-hybridized carbons (Fsp3) is 0.562. The summed E-state index contributed by atoms with van der Waals surface area (Å²) >= 11 is 6.35. The number of rotatable bonds is 3. The quantitative estimate of drug-likeness (QED) is 0.826. The number of carbonyl (C=O) groups is 1. The first kappa shape index (κ1) is 18.3. The van der Waals surface area contributed by atoms with Gasteiger partial charge in [0.2, 0.25) is 0 Å². The summed E-state index contributed by atoms with van der Waals surface area (Å²) in [5.74, 6) is 0.0548. The van der Waals surface area contributed by atoms with Crippen LogP contribution in [0.15, 0.2) is 18.2 Å². The fourth-order valence-electron chi connectivity index (χ4n) is 3.26. The molecule has 0 aromatic heterocycles. The van der Waals surface area contributed by atoms with Crippen LogP contribution in [0.25, 0.3) is 0 Å². The highest BCUT2D eigenvalue weighted by atomic mass is 35.5. The highest BCUT2D eigenvalue weighted by Gasteiger charge is 2.39. The number of benzene rings is 1. The lowest BCUT2D eigenvalue weighted by molar-refractivity contribution is 0.123. The average molecular weight is 388 g/mol. The first-order valence-corrected chi connectivity index (χ1v) is 10.4. The molecule has 2 aliphatic rings. The Hall–Kier alpha value is -1.51. The number of hydrogen-bond acceptors (Lipinski definition) is 5. The molecule has 25 heavy (non-hydrogen) atoms. The highest BCUT2D eigenvalue weighted by molar-refractivity contribution is 7.91. The maximum absolute atomic E-state index is 12.4. The van der Waals surface area contributed by atoms with Gasteiger partial charge in [-0.3, -0.25) is 0 Å². The van der Waals surface area contributed by atoms with Crippen LogP contribution in [0.4, 0.5) is 16.2 Å². The molecule has 0 bridgehead atoms. The van der Waals surface area contributed by atoms with Gasteiger partial charge in [0.05, 0.1) is 46.7 Å². The van der Waals surface area contributed by atoms with Gasteiger partial charge >= 0.3 is 6.03 Å². The molecule has 0 unspecified atom stereocenters. The van der Waals surface area contributed by atoms with Crippen LogP contribution < -0.4 is 15.5 Å². The standard InChI is InChI=1S/C16H22ClN3O4S/c1-16(5-10-25(22,23)11-16)19-15(21)18-13-4-2-3-12(17)14(13)20-6-8-24-9-7-20/h2-4H,5-11H2,1H3,(H2,18,19,21)/t16-/m0/s1. The molecular formula is C16H22ClN3O4S. The summed E-state index contributed by atoms with van der Waals surface area (Å²) in [4.78, 5) is 14.5. The largest absolute Gasteiger partial charge is 0.378 e. The van der Waals surface area contributed by atoms with E-state index in [9.17, 15) is 13.2 Å². The Kier molecular flexibility index (Phi) is 5.13. The van der Waals surface area contributed by atoms with E-state index in [2.05, 4.69) is 15.5 Å². The van der Waals surface area contributed by atoms with Gasteiger partial charge in [0.25, 0.3) is 0 Å². The third-order valence-corrected chi connectivity index (χ3v) is 6.69. The number of sulfone groups is 1. The Balaban J connectivity index is 1.74. The van der Waals surface area contributed by atoms with Crippen molar-refractivity contribution in [2.24, 2.45) is 0 Å². The normalized spacial score (nSPS) is 25.6. The molecule has 138 valence electrons. The van der Waals surface area contributed by atoms with Crippen molar-refractivity contribution < 1.29 is 17.9 Å². The summed E-state index contributed by atoms with van der Waals surface area (Å²) in [6, 6.07) is 4.89. The number of hydrogen-bond donors (Lipinski definition) is 2. The van der Waals surface area contributed by atoms with Crippen molar-refractivity contribution in [2.75, 3.05) is 48.0 Å². The lowest BCUT2D eigenvalue weighted by Gasteiger charge is -2.31.